The van der Waals surface area contributed by atoms with Gasteiger partial charge in [-0.1, -0.05) is 58.1 Å². The van der Waals surface area contributed by atoms with E-state index < -0.39 is 17.2 Å². The number of hydrogen-bond donors (Lipinski definition) is 1. The highest BCUT2D eigenvalue weighted by atomic mass is 79.9. The standard InChI is InChI=1S/C21H21BrF2N4OS2/c1-2-27(20(30)31-10-15-4-3-5-16(22)8-15)11-21(29,12-28-14-25-13-26-28)18-7-6-17(23)9-19(18)24/h3-9,13-14,29H,2,10-12H2,1H3. The summed E-state index contributed by atoms with van der Waals surface area (Å²) in [5.41, 5.74) is -0.634. The van der Waals surface area contributed by atoms with Crippen molar-refractivity contribution in [3.63, 3.8) is 0 Å². The molecule has 1 atom stereocenters. The zero-order valence-corrected chi connectivity index (χ0v) is 19.9. The molecule has 0 aliphatic heterocycles. The van der Waals surface area contributed by atoms with Crippen LogP contribution in [0, 0.1) is 11.6 Å². The summed E-state index contributed by atoms with van der Waals surface area (Å²) in [6.07, 6.45) is 2.76. The van der Waals surface area contributed by atoms with Crippen LogP contribution in [0.2, 0.25) is 0 Å². The number of likely N-dealkylation sites (N-methyl/N-ethyl adjacent to an activating group) is 1. The molecule has 5 nitrogen and oxygen atoms in total. The van der Waals surface area contributed by atoms with E-state index in [1.54, 1.807) is 4.90 Å². The summed E-state index contributed by atoms with van der Waals surface area (Å²) in [6.45, 7) is 2.36. The molecule has 0 saturated carbocycles. The minimum absolute atomic E-state index is 0.0101. The zero-order chi connectivity index (χ0) is 22.4. The van der Waals surface area contributed by atoms with Crippen LogP contribution in [-0.2, 0) is 17.9 Å². The third-order valence-electron chi connectivity index (χ3n) is 4.67. The van der Waals surface area contributed by atoms with E-state index >= 15 is 0 Å². The third-order valence-corrected chi connectivity index (χ3v) is 6.75. The molecular weight excluding hydrogens is 506 g/mol. The lowest BCUT2D eigenvalue weighted by Crippen LogP contribution is -2.46. The monoisotopic (exact) mass is 526 g/mol. The van der Waals surface area contributed by atoms with Gasteiger partial charge in [-0.05, 0) is 30.7 Å². The molecule has 1 aromatic heterocycles. The number of thioether (sulfide) groups is 1. The first kappa shape index (κ1) is 23.8. The predicted octanol–water partition coefficient (Wildman–Crippen LogP) is 4.75. The van der Waals surface area contributed by atoms with Gasteiger partial charge < -0.3 is 10.0 Å². The van der Waals surface area contributed by atoms with Crippen LogP contribution in [0.4, 0.5) is 8.78 Å². The van der Waals surface area contributed by atoms with Gasteiger partial charge in [0.25, 0.3) is 0 Å². The fourth-order valence-electron chi connectivity index (χ4n) is 3.15. The number of aromatic nitrogens is 3. The molecule has 0 aliphatic carbocycles. The fraction of sp³-hybridized carbons (Fsp3) is 0.286. The van der Waals surface area contributed by atoms with Gasteiger partial charge in [0.1, 0.15) is 34.2 Å². The smallest absolute Gasteiger partial charge is 0.137 e. The van der Waals surface area contributed by atoms with Crippen LogP contribution in [0.3, 0.4) is 0 Å². The SMILES string of the molecule is CCN(CC(O)(Cn1cncn1)c1ccc(F)cc1F)C(=S)SCc1cccc(Br)c1. The molecule has 0 saturated heterocycles. The number of rotatable bonds is 8. The van der Waals surface area contributed by atoms with Crippen molar-refractivity contribution in [3.8, 4) is 0 Å². The van der Waals surface area contributed by atoms with Gasteiger partial charge in [-0.25, -0.2) is 18.4 Å². The van der Waals surface area contributed by atoms with Crippen molar-refractivity contribution in [2.45, 2.75) is 24.8 Å². The van der Waals surface area contributed by atoms with Crippen molar-refractivity contribution in [3.05, 3.63) is 82.4 Å². The maximum atomic E-state index is 14.6. The summed E-state index contributed by atoms with van der Waals surface area (Å²) >= 11 is 10.5. The molecule has 1 unspecified atom stereocenters. The second kappa shape index (κ2) is 10.6. The average Bonchev–Trinajstić information content (AvgIpc) is 3.23. The molecule has 164 valence electrons. The van der Waals surface area contributed by atoms with Gasteiger partial charge in [0.05, 0.1) is 13.1 Å². The summed E-state index contributed by atoms with van der Waals surface area (Å²) in [5.74, 6) is -0.885. The molecule has 0 fully saturated rings. The highest BCUT2D eigenvalue weighted by molar-refractivity contribution is 9.10. The highest BCUT2D eigenvalue weighted by Gasteiger charge is 2.36. The molecular formula is C21H21BrF2N4OS2. The van der Waals surface area contributed by atoms with Crippen molar-refractivity contribution >= 4 is 44.2 Å². The number of aliphatic hydroxyl groups is 1. The van der Waals surface area contributed by atoms with Gasteiger partial charge in [-0.15, -0.1) is 0 Å². The molecule has 10 heteroatoms. The Balaban J connectivity index is 1.81. The predicted molar refractivity (Wildman–Crippen MR) is 126 cm³/mol. The normalized spacial score (nSPS) is 13.1. The van der Waals surface area contributed by atoms with E-state index in [4.69, 9.17) is 12.2 Å². The van der Waals surface area contributed by atoms with Crippen LogP contribution in [0.15, 0.2) is 59.6 Å². The molecule has 0 bridgehead atoms. The first-order valence-corrected chi connectivity index (χ1v) is 11.7. The Morgan fingerprint density at radius 3 is 2.74 bits per heavy atom. The molecule has 1 heterocycles. The Morgan fingerprint density at radius 2 is 2.10 bits per heavy atom. The van der Waals surface area contributed by atoms with Gasteiger partial charge in [0.15, 0.2) is 0 Å². The summed E-state index contributed by atoms with van der Waals surface area (Å²) in [5, 5.41) is 15.6. The second-order valence-corrected chi connectivity index (χ2v) is 9.47. The van der Waals surface area contributed by atoms with Gasteiger partial charge in [0, 0.05) is 28.4 Å². The van der Waals surface area contributed by atoms with Gasteiger partial charge in [-0.2, -0.15) is 5.10 Å². The van der Waals surface area contributed by atoms with Gasteiger partial charge in [0.2, 0.25) is 0 Å². The van der Waals surface area contributed by atoms with E-state index in [0.29, 0.717) is 16.6 Å². The minimum Gasteiger partial charge on any atom is -0.381 e. The van der Waals surface area contributed by atoms with Crippen LogP contribution in [0.1, 0.15) is 18.1 Å². The van der Waals surface area contributed by atoms with Crippen molar-refractivity contribution in [2.24, 2.45) is 0 Å². The van der Waals surface area contributed by atoms with Crippen molar-refractivity contribution in [2.75, 3.05) is 13.1 Å². The molecule has 2 aromatic carbocycles. The van der Waals surface area contributed by atoms with E-state index in [0.717, 1.165) is 22.2 Å². The fourth-order valence-corrected chi connectivity index (χ4v) is 4.82. The first-order chi connectivity index (χ1) is 14.8. The maximum absolute atomic E-state index is 14.6. The van der Waals surface area contributed by atoms with Crippen molar-refractivity contribution in [1.29, 1.82) is 0 Å². The lowest BCUT2D eigenvalue weighted by Gasteiger charge is -2.35. The lowest BCUT2D eigenvalue weighted by atomic mass is 9.92. The Morgan fingerprint density at radius 1 is 1.29 bits per heavy atom. The highest BCUT2D eigenvalue weighted by Crippen LogP contribution is 2.29. The van der Waals surface area contributed by atoms with Crippen molar-refractivity contribution < 1.29 is 13.9 Å². The topological polar surface area (TPSA) is 54.2 Å². The molecule has 3 aromatic rings. The first-order valence-electron chi connectivity index (χ1n) is 9.47. The molecule has 31 heavy (non-hydrogen) atoms. The Hall–Kier alpha value is -1.88. The number of nitrogens with zero attached hydrogens (tertiary/aromatic N) is 4. The van der Waals surface area contributed by atoms with E-state index in [2.05, 4.69) is 26.0 Å². The molecule has 0 radical (unpaired) electrons. The molecule has 0 spiro atoms. The van der Waals surface area contributed by atoms with Crippen LogP contribution in [0.5, 0.6) is 0 Å². The second-order valence-electron chi connectivity index (χ2n) is 6.95. The van der Waals surface area contributed by atoms with Crippen LogP contribution >= 0.6 is 39.9 Å². The average molecular weight is 527 g/mol. The Bertz CT molecular complexity index is 1040. The van der Waals surface area contributed by atoms with Gasteiger partial charge >= 0.3 is 0 Å². The summed E-state index contributed by atoms with van der Waals surface area (Å²) in [7, 11) is 0. The van der Waals surface area contributed by atoms with Crippen LogP contribution in [0.25, 0.3) is 0 Å². The number of hydrogen-bond acceptors (Lipinski definition) is 5. The van der Waals surface area contributed by atoms with Crippen LogP contribution in [-0.4, -0.2) is 42.2 Å². The molecule has 0 amide bonds. The largest absolute Gasteiger partial charge is 0.381 e. The number of benzene rings is 2. The summed E-state index contributed by atoms with van der Waals surface area (Å²) in [4.78, 5) is 5.68. The third kappa shape index (κ3) is 6.31. The minimum atomic E-state index is -1.71. The van der Waals surface area contributed by atoms with E-state index in [1.807, 2.05) is 31.2 Å². The van der Waals surface area contributed by atoms with Crippen LogP contribution < -0.4 is 0 Å². The van der Waals surface area contributed by atoms with Crippen molar-refractivity contribution in [1.82, 2.24) is 19.7 Å². The number of thiocarbonyl (C=S) groups is 1. The summed E-state index contributed by atoms with van der Waals surface area (Å²) < 4.78 is 31.1. The Kier molecular flexibility index (Phi) is 8.15. The molecule has 0 aliphatic rings. The van der Waals surface area contributed by atoms with Gasteiger partial charge in [-0.3, -0.25) is 0 Å². The van der Waals surface area contributed by atoms with E-state index in [-0.39, 0.29) is 18.7 Å². The van der Waals surface area contributed by atoms with E-state index in [9.17, 15) is 13.9 Å². The lowest BCUT2D eigenvalue weighted by molar-refractivity contribution is -0.00542. The quantitative estimate of drug-likeness (QED) is 0.427. The number of halogens is 3. The Labute approximate surface area is 197 Å². The molecule has 3 rings (SSSR count). The molecule has 1 N–H and O–H groups in total. The van der Waals surface area contributed by atoms with E-state index in [1.165, 1.54) is 35.2 Å². The summed E-state index contributed by atoms with van der Waals surface area (Å²) in [6, 6.07) is 11.1. The maximum Gasteiger partial charge on any atom is 0.137 e. The zero-order valence-electron chi connectivity index (χ0n) is 16.7.